The molecule has 1 fully saturated rings. The van der Waals surface area contributed by atoms with Crippen LogP contribution in [0.1, 0.15) is 5.69 Å². The van der Waals surface area contributed by atoms with Gasteiger partial charge in [-0.25, -0.2) is 4.79 Å². The van der Waals surface area contributed by atoms with E-state index in [9.17, 15) is 9.59 Å². The number of aromatic nitrogens is 1. The summed E-state index contributed by atoms with van der Waals surface area (Å²) >= 11 is 1.50. The van der Waals surface area contributed by atoms with Gasteiger partial charge in [0.15, 0.2) is 0 Å². The van der Waals surface area contributed by atoms with Gasteiger partial charge < -0.3 is 15.4 Å². The molecule has 158 valence electrons. The number of cyclic esters (lactones) is 1. The zero-order valence-corrected chi connectivity index (χ0v) is 17.7. The summed E-state index contributed by atoms with van der Waals surface area (Å²) in [5.74, 6) is 0.391. The molecule has 5 rings (SSSR count). The van der Waals surface area contributed by atoms with Crippen LogP contribution in [0, 0.1) is 0 Å². The monoisotopic (exact) mass is 434 g/mol. The van der Waals surface area contributed by atoms with E-state index in [1.807, 2.05) is 36.4 Å². The highest BCUT2D eigenvalue weighted by molar-refractivity contribution is 8.00. The Bertz CT molecular complexity index is 1150. The second-order valence-corrected chi connectivity index (χ2v) is 8.60. The Kier molecular flexibility index (Phi) is 5.48. The number of benzene rings is 2. The third-order valence-corrected chi connectivity index (χ3v) is 6.44. The van der Waals surface area contributed by atoms with Gasteiger partial charge in [0.05, 0.1) is 23.5 Å². The predicted octanol–water partition coefficient (Wildman–Crippen LogP) is 3.44. The van der Waals surface area contributed by atoms with Crippen molar-refractivity contribution in [1.82, 2.24) is 10.3 Å². The number of hydrogen-bond acceptors (Lipinski definition) is 6. The van der Waals surface area contributed by atoms with E-state index in [2.05, 4.69) is 33.8 Å². The predicted molar refractivity (Wildman–Crippen MR) is 122 cm³/mol. The van der Waals surface area contributed by atoms with Crippen molar-refractivity contribution in [3.63, 3.8) is 0 Å². The summed E-state index contributed by atoms with van der Waals surface area (Å²) < 4.78 is 5.52. The number of fused-ring (bicyclic) bond motifs is 2. The molecule has 1 unspecified atom stereocenters. The Morgan fingerprint density at radius 2 is 2.06 bits per heavy atom. The van der Waals surface area contributed by atoms with Crippen LogP contribution in [-0.4, -0.2) is 48.5 Å². The van der Waals surface area contributed by atoms with Crippen LogP contribution in [-0.2, 0) is 16.0 Å². The number of ether oxygens (including phenoxy) is 1. The van der Waals surface area contributed by atoms with E-state index in [-0.39, 0.29) is 18.1 Å². The fourth-order valence-electron chi connectivity index (χ4n) is 3.80. The fourth-order valence-corrected chi connectivity index (χ4v) is 4.59. The Balaban J connectivity index is 1.14. The molecular weight excluding hydrogens is 412 g/mol. The number of para-hydroxylation sites is 1. The Hall–Kier alpha value is -3.10. The highest BCUT2D eigenvalue weighted by atomic mass is 32.2. The molecule has 3 aromatic rings. The van der Waals surface area contributed by atoms with Crippen LogP contribution in [0.4, 0.5) is 16.2 Å². The van der Waals surface area contributed by atoms with Crippen molar-refractivity contribution in [3.8, 4) is 0 Å². The maximum atomic E-state index is 12.4. The van der Waals surface area contributed by atoms with Crippen molar-refractivity contribution in [3.05, 3.63) is 60.3 Å². The summed E-state index contributed by atoms with van der Waals surface area (Å²) in [5, 5.41) is 7.37. The van der Waals surface area contributed by atoms with Crippen LogP contribution >= 0.6 is 11.8 Å². The molecule has 2 aliphatic rings. The molecule has 0 spiro atoms. The second-order valence-electron chi connectivity index (χ2n) is 7.58. The van der Waals surface area contributed by atoms with Crippen LogP contribution in [0.2, 0.25) is 0 Å². The highest BCUT2D eigenvalue weighted by Crippen LogP contribution is 2.35. The van der Waals surface area contributed by atoms with Crippen LogP contribution in [0.3, 0.4) is 0 Å². The van der Waals surface area contributed by atoms with Gasteiger partial charge in [-0.3, -0.25) is 14.7 Å². The Labute approximate surface area is 184 Å². The summed E-state index contributed by atoms with van der Waals surface area (Å²) in [6.07, 6.45) is 0.215. The number of carbonyl (C=O) groups excluding carboxylic acids is 2. The molecule has 0 bridgehead atoms. The lowest BCUT2D eigenvalue weighted by molar-refractivity contribution is -0.113. The van der Waals surface area contributed by atoms with Crippen molar-refractivity contribution < 1.29 is 14.3 Å². The van der Waals surface area contributed by atoms with E-state index in [0.717, 1.165) is 45.8 Å². The van der Waals surface area contributed by atoms with Crippen molar-refractivity contribution in [1.29, 1.82) is 0 Å². The van der Waals surface area contributed by atoms with Gasteiger partial charge in [0.2, 0.25) is 5.91 Å². The quantitative estimate of drug-likeness (QED) is 0.579. The number of hydrogen-bond donors (Lipinski definition) is 2. The van der Waals surface area contributed by atoms with Gasteiger partial charge in [0, 0.05) is 41.2 Å². The minimum Gasteiger partial charge on any atom is -0.443 e. The van der Waals surface area contributed by atoms with Crippen molar-refractivity contribution in [2.45, 2.75) is 17.4 Å². The van der Waals surface area contributed by atoms with Gasteiger partial charge in [0.25, 0.3) is 0 Å². The number of pyridine rings is 1. The smallest absolute Gasteiger partial charge is 0.414 e. The minimum atomic E-state index is -0.363. The molecule has 8 heteroatoms. The van der Waals surface area contributed by atoms with E-state index in [0.29, 0.717) is 18.8 Å². The molecule has 1 saturated heterocycles. The lowest BCUT2D eigenvalue weighted by Crippen LogP contribution is -2.32. The van der Waals surface area contributed by atoms with Gasteiger partial charge in [-0.2, -0.15) is 0 Å². The van der Waals surface area contributed by atoms with Crippen molar-refractivity contribution in [2.75, 3.05) is 35.6 Å². The third kappa shape index (κ3) is 4.35. The lowest BCUT2D eigenvalue weighted by Gasteiger charge is -2.20. The molecule has 2 aliphatic heterocycles. The van der Waals surface area contributed by atoms with Gasteiger partial charge >= 0.3 is 6.09 Å². The first-order chi connectivity index (χ1) is 15.2. The van der Waals surface area contributed by atoms with Crippen LogP contribution in [0.15, 0.2) is 59.5 Å². The molecule has 2 aromatic carbocycles. The molecule has 7 nitrogen and oxygen atoms in total. The molecule has 0 radical (unpaired) electrons. The average molecular weight is 435 g/mol. The van der Waals surface area contributed by atoms with Crippen molar-refractivity contribution >= 4 is 46.0 Å². The average Bonchev–Trinajstić information content (AvgIpc) is 3.16. The number of anilines is 2. The second kappa shape index (κ2) is 8.56. The third-order valence-electron chi connectivity index (χ3n) is 5.37. The summed E-state index contributed by atoms with van der Waals surface area (Å²) in [6.45, 7) is 1.80. The van der Waals surface area contributed by atoms with Crippen LogP contribution in [0.25, 0.3) is 10.9 Å². The number of nitrogens with one attached hydrogen (secondary N) is 2. The fraction of sp³-hybridized carbons (Fsp3) is 0.261. The summed E-state index contributed by atoms with van der Waals surface area (Å²) in [6, 6.07) is 17.9. The standard InChI is InChI=1S/C23H22N4O3S/c28-22-14-31-21-8-7-17(11-20(21)26-22)27-13-18(30-23(27)29)12-24-10-9-16-6-5-15-3-1-2-4-19(15)25-16/h1-8,11,18,24H,9-10,12-14H2,(H,26,28). The summed E-state index contributed by atoms with van der Waals surface area (Å²) in [5.41, 5.74) is 3.51. The van der Waals surface area contributed by atoms with Gasteiger partial charge in [-0.15, -0.1) is 11.8 Å². The van der Waals surface area contributed by atoms with Gasteiger partial charge in [-0.1, -0.05) is 24.3 Å². The molecule has 2 N–H and O–H groups in total. The maximum Gasteiger partial charge on any atom is 0.414 e. The summed E-state index contributed by atoms with van der Waals surface area (Å²) in [4.78, 5) is 31.3. The van der Waals surface area contributed by atoms with E-state index < -0.39 is 0 Å². The van der Waals surface area contributed by atoms with E-state index in [1.54, 1.807) is 4.90 Å². The zero-order valence-electron chi connectivity index (χ0n) is 16.8. The van der Waals surface area contributed by atoms with Gasteiger partial charge in [0.1, 0.15) is 6.10 Å². The molecule has 31 heavy (non-hydrogen) atoms. The molecule has 1 aromatic heterocycles. The van der Waals surface area contributed by atoms with Crippen LogP contribution in [0.5, 0.6) is 0 Å². The van der Waals surface area contributed by atoms with E-state index in [1.165, 1.54) is 11.8 Å². The number of nitrogens with zero attached hydrogens (tertiary/aromatic N) is 2. The Morgan fingerprint density at radius 1 is 1.16 bits per heavy atom. The van der Waals surface area contributed by atoms with Crippen LogP contribution < -0.4 is 15.5 Å². The van der Waals surface area contributed by atoms with Crippen molar-refractivity contribution in [2.24, 2.45) is 0 Å². The largest absolute Gasteiger partial charge is 0.443 e. The number of thioether (sulfide) groups is 1. The van der Waals surface area contributed by atoms with E-state index >= 15 is 0 Å². The first kappa shape index (κ1) is 19.8. The first-order valence-corrected chi connectivity index (χ1v) is 11.2. The summed E-state index contributed by atoms with van der Waals surface area (Å²) in [7, 11) is 0. The SMILES string of the molecule is O=C1CSc2ccc(N3CC(CNCCc4ccc5ccccc5n4)OC3=O)cc2N1. The molecule has 1 atom stereocenters. The maximum absolute atomic E-state index is 12.4. The molecule has 2 amide bonds. The molecule has 3 heterocycles. The zero-order chi connectivity index (χ0) is 21.2. The molecule has 0 aliphatic carbocycles. The first-order valence-electron chi connectivity index (χ1n) is 10.3. The number of carbonyl (C=O) groups is 2. The highest BCUT2D eigenvalue weighted by Gasteiger charge is 2.32. The Morgan fingerprint density at radius 3 is 3.00 bits per heavy atom. The number of amides is 2. The van der Waals surface area contributed by atoms with Gasteiger partial charge in [-0.05, 0) is 30.3 Å². The number of rotatable bonds is 6. The minimum absolute atomic E-state index is 0.0263. The normalized spacial score (nSPS) is 18.1. The molecule has 0 saturated carbocycles. The molecular formula is C23H22N4O3S. The topological polar surface area (TPSA) is 83.6 Å². The lowest BCUT2D eigenvalue weighted by atomic mass is 10.2. The van der Waals surface area contributed by atoms with E-state index in [4.69, 9.17) is 4.74 Å².